The molecule has 0 radical (unpaired) electrons. The molecule has 0 saturated heterocycles. The third-order valence-corrected chi connectivity index (χ3v) is 5.92. The maximum absolute atomic E-state index is 13.6. The van der Waals surface area contributed by atoms with E-state index in [1.54, 1.807) is 4.57 Å². The van der Waals surface area contributed by atoms with Crippen LogP contribution in [0.5, 0.6) is 0 Å². The van der Waals surface area contributed by atoms with Crippen molar-refractivity contribution in [1.82, 2.24) is 24.3 Å². The molecule has 9 heteroatoms. The molecule has 0 aliphatic rings. The first-order valence-corrected chi connectivity index (χ1v) is 11.5. The van der Waals surface area contributed by atoms with Gasteiger partial charge in [0.15, 0.2) is 5.82 Å². The van der Waals surface area contributed by atoms with E-state index in [-0.39, 0.29) is 24.6 Å². The van der Waals surface area contributed by atoms with Gasteiger partial charge in [0.2, 0.25) is 11.8 Å². The highest BCUT2D eigenvalue weighted by molar-refractivity contribution is 6.06. The largest absolute Gasteiger partial charge is 0.337 e. The van der Waals surface area contributed by atoms with E-state index in [0.29, 0.717) is 29.2 Å². The zero-order valence-corrected chi connectivity index (χ0v) is 20.1. The Hall–Kier alpha value is -4.27. The molecule has 0 bridgehead atoms. The van der Waals surface area contributed by atoms with Gasteiger partial charge in [-0.05, 0) is 56.2 Å². The van der Waals surface area contributed by atoms with Gasteiger partial charge in [0.25, 0.3) is 5.56 Å². The number of amides is 1. The lowest BCUT2D eigenvalue weighted by Gasteiger charge is -2.10. The molecule has 3 heterocycles. The summed E-state index contributed by atoms with van der Waals surface area (Å²) in [6, 6.07) is 11.8. The van der Waals surface area contributed by atoms with Crippen LogP contribution in [-0.2, 0) is 24.3 Å². The van der Waals surface area contributed by atoms with Crippen LogP contribution in [0.3, 0.4) is 0 Å². The van der Waals surface area contributed by atoms with Crippen LogP contribution in [0.25, 0.3) is 21.9 Å². The average molecular weight is 471 g/mol. The van der Waals surface area contributed by atoms with Crippen molar-refractivity contribution >= 4 is 33.5 Å². The van der Waals surface area contributed by atoms with Gasteiger partial charge < -0.3 is 14.4 Å². The minimum absolute atomic E-state index is 0.0302. The molecule has 35 heavy (non-hydrogen) atoms. The number of rotatable bonds is 6. The molecule has 1 amide bonds. The number of fused-ring (bicyclic) bond motifs is 3. The van der Waals surface area contributed by atoms with E-state index in [9.17, 15) is 9.59 Å². The number of nitrogens with one attached hydrogen (secondary N) is 1. The van der Waals surface area contributed by atoms with Crippen molar-refractivity contribution in [2.24, 2.45) is 0 Å². The molecule has 1 N–H and O–H groups in total. The summed E-state index contributed by atoms with van der Waals surface area (Å²) < 4.78 is 8.43. The SMILES string of the molecule is CCc1noc(Cn2cnc3c4cc(C)ccc4n(CC(=O)Nc4cc(C)cc(C)c4)c3c2=O)n1. The molecule has 0 atom stereocenters. The fraction of sp³-hybridized carbons (Fsp3) is 0.269. The zero-order valence-electron chi connectivity index (χ0n) is 20.1. The maximum atomic E-state index is 13.6. The summed E-state index contributed by atoms with van der Waals surface area (Å²) in [7, 11) is 0. The second-order valence-corrected chi connectivity index (χ2v) is 8.86. The Bertz CT molecular complexity index is 1620. The number of aryl methyl sites for hydroxylation is 4. The van der Waals surface area contributed by atoms with Crippen molar-refractivity contribution in [3.8, 4) is 0 Å². The Kier molecular flexibility index (Phi) is 5.68. The van der Waals surface area contributed by atoms with Gasteiger partial charge in [-0.15, -0.1) is 0 Å². The highest BCUT2D eigenvalue weighted by Gasteiger charge is 2.19. The number of nitrogens with zero attached hydrogens (tertiary/aromatic N) is 5. The molecule has 0 fully saturated rings. The molecule has 5 aromatic rings. The predicted molar refractivity (Wildman–Crippen MR) is 134 cm³/mol. The summed E-state index contributed by atoms with van der Waals surface area (Å²) in [5, 5.41) is 7.69. The molecule has 9 nitrogen and oxygen atoms in total. The van der Waals surface area contributed by atoms with Gasteiger partial charge in [-0.2, -0.15) is 4.98 Å². The smallest absolute Gasteiger partial charge is 0.278 e. The van der Waals surface area contributed by atoms with Crippen molar-refractivity contribution in [2.75, 3.05) is 5.32 Å². The van der Waals surface area contributed by atoms with Crippen LogP contribution in [0, 0.1) is 20.8 Å². The maximum Gasteiger partial charge on any atom is 0.278 e. The Balaban J connectivity index is 1.58. The van der Waals surface area contributed by atoms with Crippen LogP contribution in [0.4, 0.5) is 5.69 Å². The Labute approximate surface area is 201 Å². The summed E-state index contributed by atoms with van der Waals surface area (Å²) in [6.07, 6.45) is 2.13. The van der Waals surface area contributed by atoms with Gasteiger partial charge in [-0.1, -0.05) is 29.8 Å². The predicted octanol–water partition coefficient (Wildman–Crippen LogP) is 3.91. The lowest BCUT2D eigenvalue weighted by molar-refractivity contribution is -0.116. The Morgan fingerprint density at radius 2 is 1.83 bits per heavy atom. The van der Waals surface area contributed by atoms with E-state index in [0.717, 1.165) is 33.3 Å². The summed E-state index contributed by atoms with van der Waals surface area (Å²) in [5.74, 6) is 0.680. The first kappa shape index (κ1) is 22.5. The molecular weight excluding hydrogens is 444 g/mol. The molecule has 0 saturated carbocycles. The third kappa shape index (κ3) is 4.32. The number of benzene rings is 2. The quantitative estimate of drug-likeness (QED) is 0.403. The van der Waals surface area contributed by atoms with Crippen molar-refractivity contribution in [1.29, 1.82) is 0 Å². The standard InChI is InChI=1S/C26H26N6O3/c1-5-21-29-23(35-30-21)13-31-14-27-24-19-11-15(2)6-7-20(19)32(25(24)26(31)34)12-22(33)28-18-9-16(3)8-17(4)10-18/h6-11,14H,5,12-13H2,1-4H3,(H,28,33). The molecule has 0 aliphatic carbocycles. The van der Waals surface area contributed by atoms with E-state index in [4.69, 9.17) is 4.52 Å². The van der Waals surface area contributed by atoms with Crippen molar-refractivity contribution in [3.63, 3.8) is 0 Å². The highest BCUT2D eigenvalue weighted by atomic mass is 16.5. The van der Waals surface area contributed by atoms with Crippen molar-refractivity contribution in [2.45, 2.75) is 47.2 Å². The molecule has 2 aromatic carbocycles. The van der Waals surface area contributed by atoms with Crippen molar-refractivity contribution in [3.05, 3.63) is 81.5 Å². The van der Waals surface area contributed by atoms with Crippen molar-refractivity contribution < 1.29 is 9.32 Å². The van der Waals surface area contributed by atoms with E-state index < -0.39 is 0 Å². The number of carbonyl (C=O) groups excluding carboxylic acids is 1. The van der Waals surface area contributed by atoms with Crippen LogP contribution >= 0.6 is 0 Å². The van der Waals surface area contributed by atoms with Crippen LogP contribution in [0.2, 0.25) is 0 Å². The number of anilines is 1. The molecule has 178 valence electrons. The summed E-state index contributed by atoms with van der Waals surface area (Å²) in [6.45, 7) is 7.95. The highest BCUT2D eigenvalue weighted by Crippen LogP contribution is 2.27. The minimum Gasteiger partial charge on any atom is -0.337 e. The van der Waals surface area contributed by atoms with Crippen LogP contribution in [0.1, 0.15) is 35.3 Å². The van der Waals surface area contributed by atoms with Crippen LogP contribution < -0.4 is 10.9 Å². The molecule has 0 aliphatic heterocycles. The van der Waals surface area contributed by atoms with E-state index >= 15 is 0 Å². The average Bonchev–Trinajstić information content (AvgIpc) is 3.37. The second kappa shape index (κ2) is 8.83. The summed E-state index contributed by atoms with van der Waals surface area (Å²) >= 11 is 0. The molecule has 3 aromatic heterocycles. The molecule has 0 spiro atoms. The lowest BCUT2D eigenvalue weighted by atomic mass is 10.1. The lowest BCUT2D eigenvalue weighted by Crippen LogP contribution is -2.25. The normalized spacial score (nSPS) is 11.4. The van der Waals surface area contributed by atoms with E-state index in [1.807, 2.05) is 64.1 Å². The summed E-state index contributed by atoms with van der Waals surface area (Å²) in [4.78, 5) is 35.6. The Morgan fingerprint density at radius 3 is 2.54 bits per heavy atom. The number of aromatic nitrogens is 5. The second-order valence-electron chi connectivity index (χ2n) is 8.86. The van der Waals surface area contributed by atoms with Crippen LogP contribution in [-0.4, -0.2) is 30.2 Å². The van der Waals surface area contributed by atoms with Gasteiger partial charge in [0.05, 0.1) is 11.8 Å². The van der Waals surface area contributed by atoms with Gasteiger partial charge in [0, 0.05) is 17.5 Å². The number of hydrogen-bond acceptors (Lipinski definition) is 6. The molecule has 5 rings (SSSR count). The van der Waals surface area contributed by atoms with Gasteiger partial charge in [-0.3, -0.25) is 14.2 Å². The first-order valence-electron chi connectivity index (χ1n) is 11.5. The Morgan fingerprint density at radius 1 is 1.06 bits per heavy atom. The fourth-order valence-electron chi connectivity index (χ4n) is 4.43. The number of hydrogen-bond donors (Lipinski definition) is 1. The minimum atomic E-state index is -0.278. The molecular formula is C26H26N6O3. The zero-order chi connectivity index (χ0) is 24.7. The topological polar surface area (TPSA) is 108 Å². The fourth-order valence-corrected chi connectivity index (χ4v) is 4.43. The first-order chi connectivity index (χ1) is 16.8. The van der Waals surface area contributed by atoms with Gasteiger partial charge >= 0.3 is 0 Å². The number of carbonyl (C=O) groups is 1. The summed E-state index contributed by atoms with van der Waals surface area (Å²) in [5.41, 5.74) is 5.30. The van der Waals surface area contributed by atoms with Gasteiger partial charge in [-0.25, -0.2) is 4.98 Å². The molecule has 0 unspecified atom stereocenters. The van der Waals surface area contributed by atoms with E-state index in [2.05, 4.69) is 20.4 Å². The van der Waals surface area contributed by atoms with E-state index in [1.165, 1.54) is 10.9 Å². The monoisotopic (exact) mass is 470 g/mol. The third-order valence-electron chi connectivity index (χ3n) is 5.92. The van der Waals surface area contributed by atoms with Crippen LogP contribution in [0.15, 0.2) is 52.0 Å². The van der Waals surface area contributed by atoms with Gasteiger partial charge in [0.1, 0.15) is 24.1 Å².